The van der Waals surface area contributed by atoms with Crippen molar-refractivity contribution in [3.8, 4) is 6.07 Å². The third-order valence-corrected chi connectivity index (χ3v) is 2.79. The summed E-state index contributed by atoms with van der Waals surface area (Å²) in [5.74, 6) is 0.719. The predicted molar refractivity (Wildman–Crippen MR) is 63.2 cm³/mol. The average molecular weight is 216 g/mol. The average Bonchev–Trinajstić information content (AvgIpc) is 2.31. The van der Waals surface area contributed by atoms with Crippen molar-refractivity contribution in [3.05, 3.63) is 23.4 Å². The van der Waals surface area contributed by atoms with E-state index in [-0.39, 0.29) is 0 Å². The molecule has 1 aromatic rings. The van der Waals surface area contributed by atoms with Gasteiger partial charge in [0.25, 0.3) is 0 Å². The predicted octanol–water partition coefficient (Wildman–Crippen LogP) is 1.43. The Morgan fingerprint density at radius 2 is 2.44 bits per heavy atom. The first-order chi connectivity index (χ1) is 7.79. The van der Waals surface area contributed by atoms with Crippen LogP contribution in [0, 0.1) is 18.3 Å². The van der Waals surface area contributed by atoms with Gasteiger partial charge in [0.2, 0.25) is 0 Å². The van der Waals surface area contributed by atoms with E-state index in [1.807, 2.05) is 19.1 Å². The van der Waals surface area contributed by atoms with Crippen LogP contribution < -0.4 is 10.6 Å². The largest absolute Gasteiger partial charge is 0.365 e. The number of aryl methyl sites for hydroxylation is 1. The standard InChI is InChI=1S/C12H16N4/c1-9-4-5-10(7-13)12(15-9)16-11-3-2-6-14-8-11/h4-5,11,14H,2-3,6,8H2,1H3,(H,15,16). The number of nitriles is 1. The minimum absolute atomic E-state index is 0.384. The Labute approximate surface area is 95.7 Å². The third-order valence-electron chi connectivity index (χ3n) is 2.79. The number of piperidine rings is 1. The molecule has 2 rings (SSSR count). The summed E-state index contributed by atoms with van der Waals surface area (Å²) >= 11 is 0. The van der Waals surface area contributed by atoms with Crippen LogP contribution in [0.15, 0.2) is 12.1 Å². The van der Waals surface area contributed by atoms with Crippen LogP contribution in [-0.4, -0.2) is 24.1 Å². The van der Waals surface area contributed by atoms with Crippen molar-refractivity contribution in [3.63, 3.8) is 0 Å². The second kappa shape index (κ2) is 4.95. The second-order valence-electron chi connectivity index (χ2n) is 4.15. The van der Waals surface area contributed by atoms with Crippen LogP contribution >= 0.6 is 0 Å². The molecule has 1 aromatic heterocycles. The van der Waals surface area contributed by atoms with Crippen LogP contribution in [0.25, 0.3) is 0 Å². The molecule has 2 N–H and O–H groups in total. The quantitative estimate of drug-likeness (QED) is 0.785. The van der Waals surface area contributed by atoms with Crippen molar-refractivity contribution < 1.29 is 0 Å². The molecule has 0 bridgehead atoms. The summed E-state index contributed by atoms with van der Waals surface area (Å²) in [6, 6.07) is 6.24. The lowest BCUT2D eigenvalue weighted by molar-refractivity contribution is 0.479. The highest BCUT2D eigenvalue weighted by Gasteiger charge is 2.14. The highest BCUT2D eigenvalue weighted by atomic mass is 15.1. The minimum atomic E-state index is 0.384. The zero-order valence-electron chi connectivity index (χ0n) is 9.45. The number of aromatic nitrogens is 1. The third kappa shape index (κ3) is 2.50. The number of pyridine rings is 1. The Morgan fingerprint density at radius 3 is 3.12 bits per heavy atom. The van der Waals surface area contributed by atoms with E-state index in [2.05, 4.69) is 21.7 Å². The monoisotopic (exact) mass is 216 g/mol. The van der Waals surface area contributed by atoms with E-state index in [9.17, 15) is 0 Å². The van der Waals surface area contributed by atoms with Gasteiger partial charge in [-0.05, 0) is 38.4 Å². The maximum atomic E-state index is 8.99. The maximum Gasteiger partial charge on any atom is 0.144 e. The summed E-state index contributed by atoms with van der Waals surface area (Å²) in [4.78, 5) is 4.38. The van der Waals surface area contributed by atoms with Gasteiger partial charge in [0.1, 0.15) is 11.9 Å². The molecule has 0 spiro atoms. The minimum Gasteiger partial charge on any atom is -0.365 e. The van der Waals surface area contributed by atoms with Crippen LogP contribution in [0.2, 0.25) is 0 Å². The molecule has 4 nitrogen and oxygen atoms in total. The van der Waals surface area contributed by atoms with E-state index in [0.29, 0.717) is 11.6 Å². The lowest BCUT2D eigenvalue weighted by atomic mass is 10.1. The first-order valence-electron chi connectivity index (χ1n) is 5.64. The molecule has 0 aromatic carbocycles. The lowest BCUT2D eigenvalue weighted by Gasteiger charge is -2.24. The van der Waals surface area contributed by atoms with E-state index in [4.69, 9.17) is 5.26 Å². The molecule has 0 aliphatic carbocycles. The van der Waals surface area contributed by atoms with Crippen LogP contribution in [0.1, 0.15) is 24.1 Å². The van der Waals surface area contributed by atoms with Gasteiger partial charge in [0.05, 0.1) is 5.56 Å². The van der Waals surface area contributed by atoms with Crippen molar-refractivity contribution in [2.45, 2.75) is 25.8 Å². The van der Waals surface area contributed by atoms with Crippen LogP contribution in [0.4, 0.5) is 5.82 Å². The summed E-state index contributed by atoms with van der Waals surface area (Å²) in [5, 5.41) is 15.7. The molecule has 0 saturated carbocycles. The Bertz CT molecular complexity index is 402. The van der Waals surface area contributed by atoms with E-state index >= 15 is 0 Å². The topological polar surface area (TPSA) is 60.7 Å². The summed E-state index contributed by atoms with van der Waals surface area (Å²) in [5.41, 5.74) is 1.56. The first kappa shape index (κ1) is 10.9. The Morgan fingerprint density at radius 1 is 1.56 bits per heavy atom. The fraction of sp³-hybridized carbons (Fsp3) is 0.500. The highest BCUT2D eigenvalue weighted by Crippen LogP contribution is 2.15. The fourth-order valence-electron chi connectivity index (χ4n) is 1.93. The molecule has 1 fully saturated rings. The summed E-state index contributed by atoms with van der Waals surface area (Å²) in [6.07, 6.45) is 2.30. The molecule has 2 heterocycles. The molecule has 1 atom stereocenters. The van der Waals surface area contributed by atoms with Crippen LogP contribution in [-0.2, 0) is 0 Å². The number of nitrogens with one attached hydrogen (secondary N) is 2. The number of anilines is 1. The van der Waals surface area contributed by atoms with Gasteiger partial charge in [0, 0.05) is 18.3 Å². The van der Waals surface area contributed by atoms with E-state index in [1.54, 1.807) is 0 Å². The van der Waals surface area contributed by atoms with Crippen molar-refractivity contribution in [2.24, 2.45) is 0 Å². The van der Waals surface area contributed by atoms with Crippen LogP contribution in [0.5, 0.6) is 0 Å². The Kier molecular flexibility index (Phi) is 3.37. The molecule has 1 aliphatic heterocycles. The molecule has 0 amide bonds. The molecule has 84 valence electrons. The molecule has 16 heavy (non-hydrogen) atoms. The van der Waals surface area contributed by atoms with Gasteiger partial charge in [-0.2, -0.15) is 5.26 Å². The van der Waals surface area contributed by atoms with E-state index in [0.717, 1.165) is 31.0 Å². The fourth-order valence-corrected chi connectivity index (χ4v) is 1.93. The molecular weight excluding hydrogens is 200 g/mol. The summed E-state index contributed by atoms with van der Waals surface area (Å²) in [6.45, 7) is 3.97. The zero-order valence-corrected chi connectivity index (χ0v) is 9.45. The van der Waals surface area contributed by atoms with Gasteiger partial charge in [0.15, 0.2) is 0 Å². The number of rotatable bonds is 2. The molecule has 4 heteroatoms. The summed E-state index contributed by atoms with van der Waals surface area (Å²) < 4.78 is 0. The van der Waals surface area contributed by atoms with Crippen molar-refractivity contribution in [1.82, 2.24) is 10.3 Å². The Balaban J connectivity index is 2.13. The van der Waals surface area contributed by atoms with Crippen molar-refractivity contribution >= 4 is 5.82 Å². The number of hydrogen-bond donors (Lipinski definition) is 2. The molecular formula is C12H16N4. The van der Waals surface area contributed by atoms with Gasteiger partial charge in [-0.1, -0.05) is 0 Å². The second-order valence-corrected chi connectivity index (χ2v) is 4.15. The van der Waals surface area contributed by atoms with Gasteiger partial charge in [-0.15, -0.1) is 0 Å². The van der Waals surface area contributed by atoms with Crippen molar-refractivity contribution in [2.75, 3.05) is 18.4 Å². The van der Waals surface area contributed by atoms with Crippen molar-refractivity contribution in [1.29, 1.82) is 5.26 Å². The maximum absolute atomic E-state index is 8.99. The van der Waals surface area contributed by atoms with Crippen LogP contribution in [0.3, 0.4) is 0 Å². The Hall–Kier alpha value is -1.60. The van der Waals surface area contributed by atoms with E-state index < -0.39 is 0 Å². The molecule has 1 saturated heterocycles. The molecule has 1 unspecified atom stereocenters. The smallest absolute Gasteiger partial charge is 0.144 e. The SMILES string of the molecule is Cc1ccc(C#N)c(NC2CCCNC2)n1. The summed E-state index contributed by atoms with van der Waals surface area (Å²) in [7, 11) is 0. The first-order valence-corrected chi connectivity index (χ1v) is 5.64. The lowest BCUT2D eigenvalue weighted by Crippen LogP contribution is -2.38. The van der Waals surface area contributed by atoms with Gasteiger partial charge in [-0.25, -0.2) is 4.98 Å². The number of hydrogen-bond acceptors (Lipinski definition) is 4. The zero-order chi connectivity index (χ0) is 11.4. The number of nitrogens with zero attached hydrogens (tertiary/aromatic N) is 2. The van der Waals surface area contributed by atoms with Gasteiger partial charge < -0.3 is 10.6 Å². The van der Waals surface area contributed by atoms with Gasteiger partial charge >= 0.3 is 0 Å². The van der Waals surface area contributed by atoms with Gasteiger partial charge in [-0.3, -0.25) is 0 Å². The molecule has 0 radical (unpaired) electrons. The normalized spacial score (nSPS) is 20.1. The molecule has 1 aliphatic rings. The highest BCUT2D eigenvalue weighted by molar-refractivity contribution is 5.52. The van der Waals surface area contributed by atoms with E-state index in [1.165, 1.54) is 6.42 Å².